The van der Waals surface area contributed by atoms with Gasteiger partial charge in [0.05, 0.1) is 26.0 Å². The number of esters is 1. The first-order valence-corrected chi connectivity index (χ1v) is 4.76. The van der Waals surface area contributed by atoms with Crippen LogP contribution in [0, 0.1) is 0 Å². The van der Waals surface area contributed by atoms with Crippen molar-refractivity contribution in [1.82, 2.24) is 4.98 Å². The van der Waals surface area contributed by atoms with Crippen LogP contribution in [0.1, 0.15) is 10.4 Å². The summed E-state index contributed by atoms with van der Waals surface area (Å²) in [5.41, 5.74) is 0.505. The number of aromatic nitrogens is 1. The van der Waals surface area contributed by atoms with Gasteiger partial charge >= 0.3 is 5.97 Å². The number of carbonyl (C=O) groups is 1. The van der Waals surface area contributed by atoms with Crippen molar-refractivity contribution in [3.05, 3.63) is 36.2 Å². The summed E-state index contributed by atoms with van der Waals surface area (Å²) in [4.78, 5) is 15.4. The number of hydrogen-bond acceptors (Lipinski definition) is 4. The normalized spacial score (nSPS) is 10.1. The number of nitrogens with zero attached hydrogens (tertiary/aromatic N) is 1. The molecule has 1 aromatic heterocycles. The van der Waals surface area contributed by atoms with Gasteiger partial charge in [0.2, 0.25) is 0 Å². The van der Waals surface area contributed by atoms with E-state index in [2.05, 4.69) is 9.72 Å². The van der Waals surface area contributed by atoms with E-state index >= 15 is 0 Å². The van der Waals surface area contributed by atoms with Crippen LogP contribution in [-0.4, -0.2) is 25.2 Å². The standard InChI is InChI=1S/C12H11NO3/c1-15-11-7-13-6-9-5-8(12(14)16-2)3-4-10(9)11/h3-7H,1-2H3. The van der Waals surface area contributed by atoms with Crippen LogP contribution in [0.3, 0.4) is 0 Å². The van der Waals surface area contributed by atoms with Gasteiger partial charge in [0.1, 0.15) is 5.75 Å². The maximum atomic E-state index is 11.3. The third kappa shape index (κ3) is 1.69. The minimum atomic E-state index is -0.357. The Bertz CT molecular complexity index is 537. The molecule has 0 bridgehead atoms. The van der Waals surface area contributed by atoms with E-state index in [9.17, 15) is 4.79 Å². The fraction of sp³-hybridized carbons (Fsp3) is 0.167. The van der Waals surface area contributed by atoms with Gasteiger partial charge in [0.25, 0.3) is 0 Å². The van der Waals surface area contributed by atoms with E-state index in [1.54, 1.807) is 31.6 Å². The summed E-state index contributed by atoms with van der Waals surface area (Å²) in [6, 6.07) is 5.26. The van der Waals surface area contributed by atoms with Gasteiger partial charge in [-0.15, -0.1) is 0 Å². The second kappa shape index (κ2) is 4.18. The molecule has 0 saturated heterocycles. The predicted molar refractivity (Wildman–Crippen MR) is 59.6 cm³/mol. The molecule has 0 aliphatic carbocycles. The summed E-state index contributed by atoms with van der Waals surface area (Å²) in [7, 11) is 2.95. The first-order chi connectivity index (χ1) is 7.76. The van der Waals surface area contributed by atoms with Crippen molar-refractivity contribution in [2.75, 3.05) is 14.2 Å². The van der Waals surface area contributed by atoms with E-state index in [1.807, 2.05) is 6.07 Å². The number of pyridine rings is 1. The van der Waals surface area contributed by atoms with Gasteiger partial charge in [0, 0.05) is 17.0 Å². The van der Waals surface area contributed by atoms with Gasteiger partial charge in [-0.1, -0.05) is 0 Å². The Morgan fingerprint density at radius 3 is 2.75 bits per heavy atom. The fourth-order valence-corrected chi connectivity index (χ4v) is 1.56. The molecule has 1 aromatic carbocycles. The minimum Gasteiger partial charge on any atom is -0.494 e. The molecule has 0 aliphatic heterocycles. The van der Waals surface area contributed by atoms with Crippen molar-refractivity contribution >= 4 is 16.7 Å². The van der Waals surface area contributed by atoms with Crippen molar-refractivity contribution in [3.63, 3.8) is 0 Å². The third-order valence-electron chi connectivity index (χ3n) is 2.36. The Hall–Kier alpha value is -2.10. The van der Waals surface area contributed by atoms with Crippen LogP contribution in [0.2, 0.25) is 0 Å². The second-order valence-electron chi connectivity index (χ2n) is 3.27. The van der Waals surface area contributed by atoms with Crippen molar-refractivity contribution in [2.45, 2.75) is 0 Å². The third-order valence-corrected chi connectivity index (χ3v) is 2.36. The number of benzene rings is 1. The van der Waals surface area contributed by atoms with Gasteiger partial charge in [0.15, 0.2) is 0 Å². The highest BCUT2D eigenvalue weighted by molar-refractivity contribution is 5.96. The molecule has 1 heterocycles. The molecule has 0 radical (unpaired) electrons. The summed E-state index contributed by atoms with van der Waals surface area (Å²) in [6.45, 7) is 0. The largest absolute Gasteiger partial charge is 0.494 e. The number of methoxy groups -OCH3 is 2. The lowest BCUT2D eigenvalue weighted by Gasteiger charge is -2.05. The molecule has 0 unspecified atom stereocenters. The molecule has 0 aliphatic rings. The van der Waals surface area contributed by atoms with E-state index in [-0.39, 0.29) is 5.97 Å². The van der Waals surface area contributed by atoms with Crippen LogP contribution < -0.4 is 4.74 Å². The SMILES string of the molecule is COC(=O)c1ccc2c(OC)cncc2c1. The van der Waals surface area contributed by atoms with Crippen molar-refractivity contribution < 1.29 is 14.3 Å². The molecule has 0 N–H and O–H groups in total. The quantitative estimate of drug-likeness (QED) is 0.722. The highest BCUT2D eigenvalue weighted by Gasteiger charge is 2.08. The molecule has 0 atom stereocenters. The molecule has 82 valence electrons. The number of ether oxygens (including phenoxy) is 2. The van der Waals surface area contributed by atoms with Crippen molar-refractivity contribution in [3.8, 4) is 5.75 Å². The maximum absolute atomic E-state index is 11.3. The molecule has 16 heavy (non-hydrogen) atoms. The highest BCUT2D eigenvalue weighted by Crippen LogP contribution is 2.24. The van der Waals surface area contributed by atoms with Crippen LogP contribution >= 0.6 is 0 Å². The van der Waals surface area contributed by atoms with Crippen molar-refractivity contribution in [1.29, 1.82) is 0 Å². The molecular formula is C12H11NO3. The molecule has 4 heteroatoms. The summed E-state index contributed by atoms with van der Waals surface area (Å²) in [6.07, 6.45) is 3.32. The summed E-state index contributed by atoms with van der Waals surface area (Å²) in [5, 5.41) is 1.77. The zero-order valence-corrected chi connectivity index (χ0v) is 9.06. The molecule has 0 saturated carbocycles. The predicted octanol–water partition coefficient (Wildman–Crippen LogP) is 2.03. The molecule has 0 fully saturated rings. The zero-order valence-electron chi connectivity index (χ0n) is 9.06. The van der Waals surface area contributed by atoms with Gasteiger partial charge in [-0.25, -0.2) is 4.79 Å². The van der Waals surface area contributed by atoms with E-state index in [0.29, 0.717) is 11.3 Å². The maximum Gasteiger partial charge on any atom is 0.337 e. The summed E-state index contributed by atoms with van der Waals surface area (Å²) < 4.78 is 9.83. The smallest absolute Gasteiger partial charge is 0.337 e. The van der Waals surface area contributed by atoms with E-state index in [1.165, 1.54) is 7.11 Å². The van der Waals surface area contributed by atoms with Gasteiger partial charge < -0.3 is 9.47 Å². The van der Waals surface area contributed by atoms with Crippen LogP contribution in [-0.2, 0) is 4.74 Å². The highest BCUT2D eigenvalue weighted by atomic mass is 16.5. The van der Waals surface area contributed by atoms with E-state index in [0.717, 1.165) is 10.8 Å². The number of rotatable bonds is 2. The Kier molecular flexibility index (Phi) is 2.72. The molecule has 4 nitrogen and oxygen atoms in total. The number of fused-ring (bicyclic) bond motifs is 1. The first kappa shape index (κ1) is 10.4. The van der Waals surface area contributed by atoms with Crippen molar-refractivity contribution in [2.24, 2.45) is 0 Å². The Labute approximate surface area is 92.8 Å². The fourth-order valence-electron chi connectivity index (χ4n) is 1.56. The molecule has 0 spiro atoms. The average Bonchev–Trinajstić information content (AvgIpc) is 2.36. The summed E-state index contributed by atoms with van der Waals surface area (Å²) in [5.74, 6) is 0.332. The van der Waals surface area contributed by atoms with Gasteiger partial charge in [-0.2, -0.15) is 0 Å². The van der Waals surface area contributed by atoms with Crippen LogP contribution in [0.15, 0.2) is 30.6 Å². The average molecular weight is 217 g/mol. The lowest BCUT2D eigenvalue weighted by atomic mass is 10.1. The zero-order chi connectivity index (χ0) is 11.5. The Morgan fingerprint density at radius 1 is 1.25 bits per heavy atom. The molecule has 2 rings (SSSR count). The Balaban J connectivity index is 2.59. The minimum absolute atomic E-state index is 0.357. The van der Waals surface area contributed by atoms with Crippen LogP contribution in [0.4, 0.5) is 0 Å². The lowest BCUT2D eigenvalue weighted by molar-refractivity contribution is 0.0601. The molecule has 0 amide bonds. The number of hydrogen-bond donors (Lipinski definition) is 0. The van der Waals surface area contributed by atoms with E-state index in [4.69, 9.17) is 4.74 Å². The second-order valence-corrected chi connectivity index (χ2v) is 3.27. The van der Waals surface area contributed by atoms with Gasteiger partial charge in [-0.05, 0) is 18.2 Å². The lowest BCUT2D eigenvalue weighted by Crippen LogP contribution is -2.00. The van der Waals surface area contributed by atoms with Crippen LogP contribution in [0.5, 0.6) is 5.75 Å². The van der Waals surface area contributed by atoms with Crippen LogP contribution in [0.25, 0.3) is 10.8 Å². The monoisotopic (exact) mass is 217 g/mol. The van der Waals surface area contributed by atoms with E-state index < -0.39 is 0 Å². The molecular weight excluding hydrogens is 206 g/mol. The Morgan fingerprint density at radius 2 is 2.06 bits per heavy atom. The topological polar surface area (TPSA) is 48.4 Å². The molecule has 2 aromatic rings. The first-order valence-electron chi connectivity index (χ1n) is 4.76. The summed E-state index contributed by atoms with van der Waals surface area (Å²) >= 11 is 0. The van der Waals surface area contributed by atoms with Gasteiger partial charge in [-0.3, -0.25) is 4.98 Å². The number of carbonyl (C=O) groups excluding carboxylic acids is 1.